The fourth-order valence-corrected chi connectivity index (χ4v) is 9.92. The number of hydrogen-bond acceptors (Lipinski definition) is 9. The Balaban J connectivity index is 1.63. The van der Waals surface area contributed by atoms with Crippen LogP contribution < -0.4 is 10.2 Å². The van der Waals surface area contributed by atoms with Crippen LogP contribution in [0.5, 0.6) is 0 Å². The van der Waals surface area contributed by atoms with Crippen LogP contribution in [0.15, 0.2) is 40.4 Å². The molecule has 1 aromatic carbocycles. The Labute approximate surface area is 292 Å². The molecule has 0 amide bonds. The zero-order valence-electron chi connectivity index (χ0n) is 31.1. The van der Waals surface area contributed by atoms with Gasteiger partial charge < -0.3 is 10.2 Å². The maximum Gasteiger partial charge on any atom is 0.231 e. The summed E-state index contributed by atoms with van der Waals surface area (Å²) in [7, 11) is 0. The van der Waals surface area contributed by atoms with Crippen LogP contribution in [0, 0.1) is 0 Å². The summed E-state index contributed by atoms with van der Waals surface area (Å²) in [6.45, 7) is 24.1. The molecule has 3 fully saturated rings. The Kier molecular flexibility index (Phi) is 9.78. The van der Waals surface area contributed by atoms with Crippen molar-refractivity contribution in [3.8, 4) is 0 Å². The molecule has 0 bridgehead atoms. The van der Waals surface area contributed by atoms with E-state index in [2.05, 4.69) is 10.2 Å². The van der Waals surface area contributed by atoms with E-state index in [0.717, 1.165) is 4.90 Å². The Morgan fingerprint density at radius 3 is 1.42 bits per heavy atom. The molecule has 1 aromatic heterocycles. The van der Waals surface area contributed by atoms with Crippen LogP contribution in [0.1, 0.15) is 122 Å². The van der Waals surface area contributed by atoms with Crippen LogP contribution in [0.2, 0.25) is 0 Å². The minimum atomic E-state index is -0.617. The number of nitrogens with zero attached hydrogens (tertiary/aromatic N) is 7. The predicted octanol–water partition coefficient (Wildman–Crippen LogP) is 7.34. The van der Waals surface area contributed by atoms with E-state index in [1.807, 2.05) is 113 Å². The topological polar surface area (TPSA) is 123 Å². The molecule has 0 atom stereocenters. The molecule has 3 aliphatic heterocycles. The molecule has 0 saturated carbocycles. The number of piperidine rings is 3. The molecule has 0 aliphatic carbocycles. The third kappa shape index (κ3) is 7.50. The highest BCUT2D eigenvalue weighted by Crippen LogP contribution is 2.46. The van der Waals surface area contributed by atoms with Crippen molar-refractivity contribution in [1.29, 1.82) is 0 Å². The summed E-state index contributed by atoms with van der Waals surface area (Å²) in [5, 5.41) is 48.2. The van der Waals surface area contributed by atoms with E-state index in [0.29, 0.717) is 55.6 Å². The lowest BCUT2D eigenvalue weighted by molar-refractivity contribution is -0.294. The van der Waals surface area contributed by atoms with Gasteiger partial charge in [0.2, 0.25) is 11.9 Å². The van der Waals surface area contributed by atoms with Crippen LogP contribution in [0.25, 0.3) is 0 Å². The second-order valence-corrected chi connectivity index (χ2v) is 19.2. The van der Waals surface area contributed by atoms with Gasteiger partial charge in [0.25, 0.3) is 0 Å². The van der Waals surface area contributed by atoms with Gasteiger partial charge in [-0.25, -0.2) is 0 Å². The number of benzene rings is 1. The highest BCUT2D eigenvalue weighted by molar-refractivity contribution is 7.99. The van der Waals surface area contributed by atoms with Gasteiger partial charge in [0, 0.05) is 56.3 Å². The third-order valence-electron chi connectivity index (χ3n) is 10.6. The van der Waals surface area contributed by atoms with Crippen molar-refractivity contribution in [2.45, 2.75) is 183 Å². The average molecular weight is 682 g/mol. The summed E-state index contributed by atoms with van der Waals surface area (Å²) in [4.78, 5) is 18.6. The van der Waals surface area contributed by atoms with Gasteiger partial charge in [-0.05, 0) is 146 Å². The molecule has 0 unspecified atom stereocenters. The Bertz CT molecular complexity index is 1350. The van der Waals surface area contributed by atoms with Gasteiger partial charge in [0.1, 0.15) is 0 Å². The molecule has 4 heterocycles. The highest BCUT2D eigenvalue weighted by Gasteiger charge is 2.53. The quantitative estimate of drug-likeness (QED) is 0.320. The first kappa shape index (κ1) is 37.2. The highest BCUT2D eigenvalue weighted by atomic mass is 32.2. The van der Waals surface area contributed by atoms with Crippen LogP contribution in [0.3, 0.4) is 0 Å². The number of anilines is 2. The first-order valence-corrected chi connectivity index (χ1v) is 18.2. The lowest BCUT2D eigenvalue weighted by Crippen LogP contribution is -2.67. The first-order valence-electron chi connectivity index (χ1n) is 17.4. The Hall–Kier alpha value is -2.06. The summed E-state index contributed by atoms with van der Waals surface area (Å²) in [6.07, 6.45) is 3.77. The molecule has 48 heavy (non-hydrogen) atoms. The van der Waals surface area contributed by atoms with Crippen molar-refractivity contribution in [3.05, 3.63) is 30.3 Å². The predicted molar refractivity (Wildman–Crippen MR) is 188 cm³/mol. The van der Waals surface area contributed by atoms with Gasteiger partial charge in [-0.2, -0.15) is 15.0 Å². The van der Waals surface area contributed by atoms with Crippen molar-refractivity contribution in [2.75, 3.05) is 10.2 Å². The van der Waals surface area contributed by atoms with Crippen molar-refractivity contribution < 1.29 is 15.6 Å². The van der Waals surface area contributed by atoms with Gasteiger partial charge in [-0.1, -0.05) is 18.2 Å². The van der Waals surface area contributed by atoms with Crippen LogP contribution in [-0.4, -0.2) is 81.5 Å². The number of hydrogen-bond donors (Lipinski definition) is 1. The molecular formula is C36H57N8O3S. The largest absolute Gasteiger partial charge is 0.351 e. The van der Waals surface area contributed by atoms with Gasteiger partial charge in [0.15, 0.2) is 5.16 Å². The zero-order valence-corrected chi connectivity index (χ0v) is 31.9. The summed E-state index contributed by atoms with van der Waals surface area (Å²) < 4.78 is 0. The summed E-state index contributed by atoms with van der Waals surface area (Å²) >= 11 is 1.49. The Morgan fingerprint density at radius 1 is 0.604 bits per heavy atom. The van der Waals surface area contributed by atoms with E-state index in [9.17, 15) is 15.6 Å². The van der Waals surface area contributed by atoms with Gasteiger partial charge in [-0.3, -0.25) is 0 Å². The van der Waals surface area contributed by atoms with Crippen molar-refractivity contribution in [1.82, 2.24) is 30.1 Å². The van der Waals surface area contributed by atoms with Gasteiger partial charge >= 0.3 is 0 Å². The van der Waals surface area contributed by atoms with Crippen molar-refractivity contribution >= 4 is 23.7 Å². The molecule has 5 rings (SSSR count). The molecule has 3 radical (unpaired) electrons. The smallest absolute Gasteiger partial charge is 0.231 e. The average Bonchev–Trinajstić information content (AvgIpc) is 2.93. The lowest BCUT2D eigenvalue weighted by Gasteiger charge is -2.57. The normalized spacial score (nSPS) is 26.3. The van der Waals surface area contributed by atoms with E-state index in [4.69, 9.17) is 15.0 Å². The molecule has 3 saturated heterocycles. The van der Waals surface area contributed by atoms with E-state index in [-0.39, 0.29) is 18.1 Å². The van der Waals surface area contributed by atoms with Crippen LogP contribution in [-0.2, 0) is 15.6 Å². The second-order valence-electron chi connectivity index (χ2n) is 18.2. The van der Waals surface area contributed by atoms with E-state index in [1.165, 1.54) is 27.0 Å². The summed E-state index contributed by atoms with van der Waals surface area (Å²) in [5.74, 6) is 1.02. The molecule has 2 aromatic rings. The second kappa shape index (κ2) is 12.6. The first-order chi connectivity index (χ1) is 21.9. The maximum absolute atomic E-state index is 13.5. The van der Waals surface area contributed by atoms with Gasteiger partial charge in [0.05, 0.1) is 0 Å². The maximum atomic E-state index is 13.5. The molecule has 265 valence electrons. The molecule has 1 N–H and O–H groups in total. The van der Waals surface area contributed by atoms with E-state index < -0.39 is 33.2 Å². The summed E-state index contributed by atoms with van der Waals surface area (Å²) in [6, 6.07) is 9.93. The summed E-state index contributed by atoms with van der Waals surface area (Å²) in [5.41, 5.74) is -3.59. The number of hydroxylamine groups is 6. The third-order valence-corrected chi connectivity index (χ3v) is 11.5. The van der Waals surface area contributed by atoms with E-state index in [1.54, 1.807) is 0 Å². The number of aromatic nitrogens is 3. The number of rotatable bonds is 7. The molecule has 3 aliphatic rings. The minimum Gasteiger partial charge on any atom is -0.351 e. The Morgan fingerprint density at radius 2 is 1.00 bits per heavy atom. The van der Waals surface area contributed by atoms with Crippen molar-refractivity contribution in [2.24, 2.45) is 0 Å². The monoisotopic (exact) mass is 681 g/mol. The fourth-order valence-electron chi connectivity index (χ4n) is 9.15. The van der Waals surface area contributed by atoms with E-state index >= 15 is 0 Å². The standard InChI is InChI=1S/C36H57N8O3S/c1-31(2)18-24(19-32(3,4)42(31)45)37-28-38-29(40-30(39-28)48-27-16-14-13-15-17-27)41(25-20-33(5,6)43(46)34(7,8)21-25)26-22-35(9,10)44(47)36(11,12)23-26/h13-17,24-26H,18-23H2,1-12H3,(H,37,38,39,40). The van der Waals surface area contributed by atoms with Crippen LogP contribution >= 0.6 is 11.8 Å². The van der Waals surface area contributed by atoms with Crippen molar-refractivity contribution in [3.63, 3.8) is 0 Å². The minimum absolute atomic E-state index is 0.0263. The molecule has 12 heteroatoms. The van der Waals surface area contributed by atoms with Gasteiger partial charge in [-0.15, -0.1) is 30.8 Å². The molecular weight excluding hydrogens is 625 g/mol. The van der Waals surface area contributed by atoms with Crippen LogP contribution in [0.4, 0.5) is 11.9 Å². The SMILES string of the molecule is CC1(C)CC(Nc2nc(Sc3ccccc3)nc(N(C3CC(C)(C)N([O])C(C)(C)C3)C3CC(C)(C)N([O])C(C)(C)C3)n2)CC(C)(C)N1[O]. The molecule has 11 nitrogen and oxygen atoms in total. The molecule has 0 spiro atoms. The lowest BCUT2D eigenvalue weighted by atomic mass is 9.75. The zero-order chi connectivity index (χ0) is 35.7. The number of nitrogens with one attached hydrogen (secondary N) is 1. The fraction of sp³-hybridized carbons (Fsp3) is 0.750.